The van der Waals surface area contributed by atoms with Gasteiger partial charge in [-0.25, -0.2) is 5.26 Å². The average Bonchev–Trinajstić information content (AvgIpc) is 1.98. The smallest absolute Gasteiger partial charge is 0.248 e. The number of aldehydes is 1. The third kappa shape index (κ3) is 3.16. The second kappa shape index (κ2) is 4.89. The van der Waals surface area contributed by atoms with Crippen LogP contribution in [0.1, 0.15) is 12.8 Å². The van der Waals surface area contributed by atoms with Gasteiger partial charge in [0.15, 0.2) is 0 Å². The molecule has 0 aliphatic carbocycles. The minimum atomic E-state index is -0.436. The highest BCUT2D eigenvalue weighted by molar-refractivity contribution is 5.76. The summed E-state index contributed by atoms with van der Waals surface area (Å²) >= 11 is 0. The second-order valence-electron chi connectivity index (χ2n) is 1.68. The minimum absolute atomic E-state index is 0.0561. The number of hydroxylamine groups is 2. The lowest BCUT2D eigenvalue weighted by molar-refractivity contribution is -0.371. The van der Waals surface area contributed by atoms with E-state index in [0.717, 1.165) is 0 Å². The van der Waals surface area contributed by atoms with Crippen molar-refractivity contribution in [2.75, 3.05) is 7.05 Å². The van der Waals surface area contributed by atoms with Gasteiger partial charge in [-0.15, -0.1) is 4.99 Å². The summed E-state index contributed by atoms with van der Waals surface area (Å²) in [5, 5.41) is 8.58. The van der Waals surface area contributed by atoms with E-state index in [1.54, 1.807) is 0 Å². The summed E-state index contributed by atoms with van der Waals surface area (Å²) in [5.41, 5.74) is 0. The van der Waals surface area contributed by atoms with Crippen molar-refractivity contribution in [1.82, 2.24) is 5.06 Å². The molecule has 0 unspecified atom stereocenters. The zero-order chi connectivity index (χ0) is 7.98. The van der Waals surface area contributed by atoms with Crippen LogP contribution in [0.25, 0.3) is 0 Å². The predicted octanol–water partition coefficient (Wildman–Crippen LogP) is -0.172. The van der Waals surface area contributed by atoms with Gasteiger partial charge < -0.3 is 4.79 Å². The molecule has 0 heterocycles. The monoisotopic (exact) mass is 147 g/mol. The molecular formula is C5H9NO4. The maximum Gasteiger partial charge on any atom is 0.248 e. The number of carbonyl (C=O) groups is 2. The third-order valence-electron chi connectivity index (χ3n) is 0.950. The van der Waals surface area contributed by atoms with E-state index in [0.29, 0.717) is 11.3 Å². The molecule has 0 aliphatic heterocycles. The Morgan fingerprint density at radius 1 is 1.80 bits per heavy atom. The molecule has 0 rings (SSSR count). The molecule has 5 nitrogen and oxygen atoms in total. The van der Waals surface area contributed by atoms with Crippen molar-refractivity contribution < 1.29 is 19.8 Å². The van der Waals surface area contributed by atoms with Gasteiger partial charge in [-0.2, -0.15) is 5.06 Å². The number of amides is 1. The maximum atomic E-state index is 10.6. The number of rotatable bonds is 4. The van der Waals surface area contributed by atoms with Crippen LogP contribution in [0, 0.1) is 0 Å². The predicted molar refractivity (Wildman–Crippen MR) is 31.8 cm³/mol. The number of hydrogen-bond acceptors (Lipinski definition) is 4. The Kier molecular flexibility index (Phi) is 4.43. The van der Waals surface area contributed by atoms with Crippen molar-refractivity contribution in [3.63, 3.8) is 0 Å². The number of carbonyl (C=O) groups excluding carboxylic acids is 2. The van der Waals surface area contributed by atoms with Gasteiger partial charge in [0.1, 0.15) is 6.29 Å². The van der Waals surface area contributed by atoms with Crippen molar-refractivity contribution in [2.45, 2.75) is 12.8 Å². The first-order valence-corrected chi connectivity index (χ1v) is 2.74. The summed E-state index contributed by atoms with van der Waals surface area (Å²) in [6, 6.07) is 0. The van der Waals surface area contributed by atoms with Crippen LogP contribution < -0.4 is 0 Å². The third-order valence-corrected chi connectivity index (χ3v) is 0.950. The summed E-state index contributed by atoms with van der Waals surface area (Å²) < 4.78 is 0. The van der Waals surface area contributed by atoms with E-state index in [4.69, 9.17) is 5.26 Å². The zero-order valence-electron chi connectivity index (χ0n) is 5.61. The molecule has 1 N–H and O–H groups in total. The summed E-state index contributed by atoms with van der Waals surface area (Å²) in [6.07, 6.45) is 0.830. The Labute approximate surface area is 58.1 Å². The lowest BCUT2D eigenvalue weighted by Gasteiger charge is -2.08. The molecule has 0 saturated heterocycles. The van der Waals surface area contributed by atoms with Gasteiger partial charge in [0.25, 0.3) is 0 Å². The number of nitrogens with zero attached hydrogens (tertiary/aromatic N) is 1. The van der Waals surface area contributed by atoms with E-state index < -0.39 is 5.91 Å². The molecule has 0 aromatic heterocycles. The topological polar surface area (TPSA) is 66.8 Å². The molecular weight excluding hydrogens is 138 g/mol. The van der Waals surface area contributed by atoms with Crippen LogP contribution in [0.4, 0.5) is 0 Å². The van der Waals surface area contributed by atoms with Crippen LogP contribution in [0.15, 0.2) is 0 Å². The number of hydrogen-bond donors (Lipinski definition) is 1. The van der Waals surface area contributed by atoms with Crippen LogP contribution in [0.2, 0.25) is 0 Å². The fourth-order valence-corrected chi connectivity index (χ4v) is 0.385. The van der Waals surface area contributed by atoms with Crippen LogP contribution in [-0.2, 0) is 14.6 Å². The van der Waals surface area contributed by atoms with Crippen molar-refractivity contribution >= 4 is 12.2 Å². The lowest BCUT2D eigenvalue weighted by atomic mass is 10.3. The minimum Gasteiger partial charge on any atom is -0.303 e. The van der Waals surface area contributed by atoms with Gasteiger partial charge in [-0.1, -0.05) is 0 Å². The Morgan fingerprint density at radius 3 is 2.80 bits per heavy atom. The summed E-state index contributed by atoms with van der Waals surface area (Å²) in [5.74, 6) is -0.436. The molecule has 10 heavy (non-hydrogen) atoms. The molecule has 58 valence electrons. The van der Waals surface area contributed by atoms with Crippen molar-refractivity contribution in [3.05, 3.63) is 0 Å². The molecule has 0 radical (unpaired) electrons. The highest BCUT2D eigenvalue weighted by Crippen LogP contribution is 1.91. The highest BCUT2D eigenvalue weighted by atomic mass is 17.2. The van der Waals surface area contributed by atoms with Crippen molar-refractivity contribution in [3.8, 4) is 0 Å². The van der Waals surface area contributed by atoms with E-state index in [9.17, 15) is 9.59 Å². The Morgan fingerprint density at radius 2 is 2.40 bits per heavy atom. The van der Waals surface area contributed by atoms with Crippen LogP contribution >= 0.6 is 0 Å². The van der Waals surface area contributed by atoms with E-state index in [-0.39, 0.29) is 12.8 Å². The van der Waals surface area contributed by atoms with Gasteiger partial charge >= 0.3 is 0 Å². The maximum absolute atomic E-state index is 10.6. The molecule has 0 atom stereocenters. The molecule has 5 heteroatoms. The first-order chi connectivity index (χ1) is 4.72. The average molecular weight is 147 g/mol. The first-order valence-electron chi connectivity index (χ1n) is 2.74. The van der Waals surface area contributed by atoms with Gasteiger partial charge in [0.2, 0.25) is 5.91 Å². The van der Waals surface area contributed by atoms with Gasteiger partial charge in [-0.05, 0) is 0 Å². The quantitative estimate of drug-likeness (QED) is 0.340. The Bertz CT molecular complexity index is 125. The Balaban J connectivity index is 3.51. The first kappa shape index (κ1) is 9.06. The molecule has 0 aliphatic rings. The van der Waals surface area contributed by atoms with E-state index in [1.165, 1.54) is 7.05 Å². The van der Waals surface area contributed by atoms with E-state index >= 15 is 0 Å². The molecule has 0 spiro atoms. The van der Waals surface area contributed by atoms with Gasteiger partial charge in [-0.3, -0.25) is 4.79 Å². The highest BCUT2D eigenvalue weighted by Gasteiger charge is 2.06. The van der Waals surface area contributed by atoms with E-state index in [1.807, 2.05) is 0 Å². The fourth-order valence-electron chi connectivity index (χ4n) is 0.385. The summed E-state index contributed by atoms with van der Waals surface area (Å²) in [6.45, 7) is 0. The van der Waals surface area contributed by atoms with Gasteiger partial charge in [0.05, 0.1) is 0 Å². The van der Waals surface area contributed by atoms with Crippen LogP contribution in [0.3, 0.4) is 0 Å². The van der Waals surface area contributed by atoms with Crippen LogP contribution in [-0.4, -0.2) is 29.6 Å². The van der Waals surface area contributed by atoms with Crippen LogP contribution in [0.5, 0.6) is 0 Å². The lowest BCUT2D eigenvalue weighted by Crippen LogP contribution is -2.25. The molecule has 0 aromatic rings. The zero-order valence-corrected chi connectivity index (χ0v) is 5.61. The van der Waals surface area contributed by atoms with E-state index in [2.05, 4.69) is 4.99 Å². The van der Waals surface area contributed by atoms with Gasteiger partial charge in [0, 0.05) is 19.9 Å². The molecule has 0 bridgehead atoms. The van der Waals surface area contributed by atoms with Crippen molar-refractivity contribution in [2.24, 2.45) is 0 Å². The standard InChI is InChI=1S/C5H9NO4/c1-6(10-9)5(8)3-2-4-7/h4,9H,2-3H2,1H3. The summed E-state index contributed by atoms with van der Waals surface area (Å²) in [7, 11) is 1.26. The Hall–Kier alpha value is -0.940. The fraction of sp³-hybridized carbons (Fsp3) is 0.600. The largest absolute Gasteiger partial charge is 0.303 e. The van der Waals surface area contributed by atoms with Crippen molar-refractivity contribution in [1.29, 1.82) is 0 Å². The molecule has 1 amide bonds. The SMILES string of the molecule is CN(OO)C(=O)CCC=O. The second-order valence-corrected chi connectivity index (χ2v) is 1.68. The molecule has 0 aromatic carbocycles. The molecule has 0 fully saturated rings. The summed E-state index contributed by atoms with van der Waals surface area (Å²) in [4.78, 5) is 23.9. The molecule has 0 saturated carbocycles. The normalized spacial score (nSPS) is 9.00.